The van der Waals surface area contributed by atoms with Gasteiger partial charge >= 0.3 is 19.8 Å². The largest absolute Gasteiger partial charge is 0.472 e. The van der Waals surface area contributed by atoms with E-state index in [1.54, 1.807) is 0 Å². The van der Waals surface area contributed by atoms with Crippen molar-refractivity contribution < 1.29 is 37.6 Å². The monoisotopic (exact) mass is 1290 g/mol. The average molecular weight is 1290 g/mol. The van der Waals surface area contributed by atoms with Crippen LogP contribution >= 0.6 is 7.82 Å². The Kier molecular flexibility index (Phi) is 72.0. The lowest BCUT2D eigenvalue weighted by atomic mass is 10.0. The molecule has 522 valence electrons. The number of phosphoric ester groups is 1. The van der Waals surface area contributed by atoms with Gasteiger partial charge in [0.2, 0.25) is 0 Å². The van der Waals surface area contributed by atoms with E-state index in [1.165, 1.54) is 180 Å². The van der Waals surface area contributed by atoms with Crippen LogP contribution in [0.5, 0.6) is 0 Å². The molecule has 0 radical (unpaired) electrons. The third-order valence-corrected chi connectivity index (χ3v) is 17.0. The highest BCUT2D eigenvalue weighted by molar-refractivity contribution is 7.47. The summed E-state index contributed by atoms with van der Waals surface area (Å²) in [5.74, 6) is -0.845. The van der Waals surface area contributed by atoms with Gasteiger partial charge in [-0.1, -0.05) is 359 Å². The lowest BCUT2D eigenvalue weighted by molar-refractivity contribution is -0.161. The quantitative estimate of drug-likeness (QED) is 0.0264. The number of nitrogens with two attached hydrogens (primary N) is 1. The van der Waals surface area contributed by atoms with Crippen molar-refractivity contribution >= 4 is 19.8 Å². The molecule has 2 atom stereocenters. The molecule has 10 heteroatoms. The van der Waals surface area contributed by atoms with Crippen LogP contribution in [0, 0.1) is 0 Å². The molecule has 0 aromatic heterocycles. The molecule has 0 aromatic rings. The maximum Gasteiger partial charge on any atom is 0.472 e. The number of rotatable bonds is 70. The first-order valence-corrected chi connectivity index (χ1v) is 39.2. The van der Waals surface area contributed by atoms with Crippen LogP contribution in [-0.4, -0.2) is 49.3 Å². The number of carbonyl (C=O) groups excluding carboxylic acids is 2. The second-order valence-electron chi connectivity index (χ2n) is 24.8. The Bertz CT molecular complexity index is 1960. The van der Waals surface area contributed by atoms with Crippen LogP contribution in [0.15, 0.2) is 134 Å². The van der Waals surface area contributed by atoms with Gasteiger partial charge in [-0.05, 0) is 96.3 Å². The van der Waals surface area contributed by atoms with Crippen molar-refractivity contribution in [2.45, 2.75) is 341 Å². The third kappa shape index (κ3) is 75.1. The topological polar surface area (TPSA) is 134 Å². The minimum absolute atomic E-state index is 0.0450. The number of hydrogen-bond acceptors (Lipinski definition) is 8. The maximum absolute atomic E-state index is 12.8. The van der Waals surface area contributed by atoms with Crippen molar-refractivity contribution in [3.63, 3.8) is 0 Å². The lowest BCUT2D eigenvalue weighted by Gasteiger charge is -2.19. The van der Waals surface area contributed by atoms with Gasteiger partial charge in [-0.2, -0.15) is 0 Å². The molecule has 91 heavy (non-hydrogen) atoms. The highest BCUT2D eigenvalue weighted by Crippen LogP contribution is 2.43. The second kappa shape index (κ2) is 75.2. The number of carbonyl (C=O) groups is 2. The van der Waals surface area contributed by atoms with E-state index >= 15 is 0 Å². The molecule has 0 heterocycles. The zero-order chi connectivity index (χ0) is 65.8. The van der Waals surface area contributed by atoms with Crippen molar-refractivity contribution in [1.82, 2.24) is 0 Å². The molecular weight excluding hydrogens is 1150 g/mol. The Labute approximate surface area is 561 Å². The van der Waals surface area contributed by atoms with E-state index in [9.17, 15) is 19.0 Å². The van der Waals surface area contributed by atoms with E-state index in [-0.39, 0.29) is 38.6 Å². The first kappa shape index (κ1) is 87.2. The fourth-order valence-electron chi connectivity index (χ4n) is 10.5. The van der Waals surface area contributed by atoms with E-state index in [4.69, 9.17) is 24.3 Å². The van der Waals surface area contributed by atoms with E-state index in [1.807, 2.05) is 0 Å². The van der Waals surface area contributed by atoms with E-state index in [2.05, 4.69) is 148 Å². The van der Waals surface area contributed by atoms with Crippen LogP contribution in [0.1, 0.15) is 335 Å². The van der Waals surface area contributed by atoms with Crippen LogP contribution in [0.2, 0.25) is 0 Å². The van der Waals surface area contributed by atoms with Crippen LogP contribution in [0.25, 0.3) is 0 Å². The molecule has 3 N–H and O–H groups in total. The predicted molar refractivity (Wildman–Crippen MR) is 394 cm³/mol. The summed E-state index contributed by atoms with van der Waals surface area (Å²) in [5, 5.41) is 0. The molecule has 2 unspecified atom stereocenters. The average Bonchev–Trinajstić information content (AvgIpc) is 3.71. The fourth-order valence-corrected chi connectivity index (χ4v) is 11.3. The molecule has 0 aromatic carbocycles. The fraction of sp³-hybridized carbons (Fsp3) is 0.704. The highest BCUT2D eigenvalue weighted by atomic mass is 31.2. The van der Waals surface area contributed by atoms with Crippen LogP contribution in [0.4, 0.5) is 0 Å². The number of unbranched alkanes of at least 4 members (excludes halogenated alkanes) is 35. The zero-order valence-corrected chi connectivity index (χ0v) is 59.7. The smallest absolute Gasteiger partial charge is 0.462 e. The summed E-state index contributed by atoms with van der Waals surface area (Å²) in [6.07, 6.45) is 107. The Hall–Kier alpha value is -3.85. The van der Waals surface area contributed by atoms with Crippen molar-refractivity contribution in [3.05, 3.63) is 134 Å². The molecule has 0 rings (SSSR count). The Morgan fingerprint density at radius 2 is 0.604 bits per heavy atom. The van der Waals surface area contributed by atoms with Gasteiger partial charge in [-0.15, -0.1) is 0 Å². The summed E-state index contributed by atoms with van der Waals surface area (Å²) in [5.41, 5.74) is 5.41. The minimum atomic E-state index is -4.41. The first-order chi connectivity index (χ1) is 44.8. The van der Waals surface area contributed by atoms with Crippen molar-refractivity contribution in [1.29, 1.82) is 0 Å². The van der Waals surface area contributed by atoms with Crippen LogP contribution in [-0.2, 0) is 32.7 Å². The third-order valence-electron chi connectivity index (χ3n) is 16.1. The normalized spacial score (nSPS) is 13.7. The van der Waals surface area contributed by atoms with E-state index in [0.29, 0.717) is 6.42 Å². The molecule has 0 aliphatic heterocycles. The maximum atomic E-state index is 12.8. The summed E-state index contributed by atoms with van der Waals surface area (Å²) < 4.78 is 33.2. The molecule has 0 amide bonds. The molecule has 0 saturated heterocycles. The Morgan fingerprint density at radius 3 is 0.901 bits per heavy atom. The lowest BCUT2D eigenvalue weighted by Crippen LogP contribution is -2.29. The van der Waals surface area contributed by atoms with Gasteiger partial charge in [-0.25, -0.2) is 4.57 Å². The number of allylic oxidation sites excluding steroid dienone is 22. The van der Waals surface area contributed by atoms with Crippen molar-refractivity contribution in [2.75, 3.05) is 26.4 Å². The molecule has 0 aliphatic rings. The minimum Gasteiger partial charge on any atom is -0.462 e. The van der Waals surface area contributed by atoms with Gasteiger partial charge in [0.15, 0.2) is 6.10 Å². The Morgan fingerprint density at radius 1 is 0.341 bits per heavy atom. The molecule has 9 nitrogen and oxygen atoms in total. The van der Waals surface area contributed by atoms with E-state index < -0.39 is 26.5 Å². The number of ether oxygens (including phenoxy) is 2. The van der Waals surface area contributed by atoms with Crippen LogP contribution < -0.4 is 5.73 Å². The number of esters is 2. The molecular formula is C81H140NO8P. The predicted octanol–water partition coefficient (Wildman–Crippen LogP) is 25.2. The van der Waals surface area contributed by atoms with Gasteiger partial charge in [0.1, 0.15) is 6.61 Å². The zero-order valence-electron chi connectivity index (χ0n) is 58.8. The summed E-state index contributed by atoms with van der Waals surface area (Å²) in [6.45, 7) is 3.64. The molecule has 0 spiro atoms. The standard InChI is InChI=1S/C81H140NO8P/c1-3-5-7-9-11-13-15-17-19-21-23-25-27-29-31-33-35-36-37-38-39-40-41-42-44-46-48-50-52-54-56-58-60-62-64-66-68-70-72-74-81(84)90-79(78-89-91(85,86)88-76-75-82)77-87-80(83)73-71-69-67-65-63-61-59-57-55-53-51-49-47-45-43-34-32-30-28-26-24-22-20-18-16-14-12-10-8-6-4-2/h5,7,11,13,17,19,23,25,29,31,35-36,38-39,41-42,46,48,52,54,58,60,79H,3-4,6,8-10,12,14-16,18,20-22,24,26-28,30,32-34,37,40,43-45,47,49-51,53,55-57,59,61-78,82H2,1-2H3,(H,85,86)/b7-5-,13-11-,19-17-,25-23-,31-29-,36-35-,39-38-,42-41-,48-46-,54-52-,60-58-. The summed E-state index contributed by atoms with van der Waals surface area (Å²) in [7, 11) is -4.41. The van der Waals surface area contributed by atoms with Gasteiger partial charge in [0.25, 0.3) is 0 Å². The SMILES string of the molecule is CC/C=C\C/C=C\C/C=C\C/C=C\C/C=C\C/C=C\C/C=C\C/C=C\C/C=C\C/C=C\C/C=C\CCCCCCCC(=O)OC(COC(=O)CCCCCCCCCCCCCCCCCCCCCCCCCCCCCCCCC)COP(=O)(O)OCCN. The van der Waals surface area contributed by atoms with Gasteiger partial charge in [0, 0.05) is 19.4 Å². The highest BCUT2D eigenvalue weighted by Gasteiger charge is 2.26. The number of hydrogen-bond donors (Lipinski definition) is 2. The first-order valence-electron chi connectivity index (χ1n) is 37.7. The van der Waals surface area contributed by atoms with E-state index in [0.717, 1.165) is 122 Å². The van der Waals surface area contributed by atoms with Crippen molar-refractivity contribution in [2.24, 2.45) is 5.73 Å². The van der Waals surface area contributed by atoms with Gasteiger partial charge in [0.05, 0.1) is 13.2 Å². The summed E-state index contributed by atoms with van der Waals surface area (Å²) >= 11 is 0. The second-order valence-corrected chi connectivity index (χ2v) is 26.2. The molecule has 0 fully saturated rings. The van der Waals surface area contributed by atoms with Crippen molar-refractivity contribution in [3.8, 4) is 0 Å². The van der Waals surface area contributed by atoms with Gasteiger partial charge < -0.3 is 20.1 Å². The summed E-state index contributed by atoms with van der Waals surface area (Å²) in [4.78, 5) is 35.4. The Balaban J connectivity index is 3.94. The molecule has 0 aliphatic carbocycles. The number of phosphoric acid groups is 1. The molecule has 0 bridgehead atoms. The van der Waals surface area contributed by atoms with Crippen LogP contribution in [0.3, 0.4) is 0 Å². The summed E-state index contributed by atoms with van der Waals surface area (Å²) in [6, 6.07) is 0. The molecule has 0 saturated carbocycles. The van der Waals surface area contributed by atoms with Gasteiger partial charge in [-0.3, -0.25) is 18.6 Å².